The Bertz CT molecular complexity index is 996. The number of aromatic amines is 1. The first-order valence-corrected chi connectivity index (χ1v) is 9.18. The van der Waals surface area contributed by atoms with Gasteiger partial charge in [-0.2, -0.15) is 0 Å². The number of benzene rings is 2. The first kappa shape index (κ1) is 18.4. The van der Waals surface area contributed by atoms with Crippen molar-refractivity contribution in [2.45, 2.75) is 5.16 Å². The van der Waals surface area contributed by atoms with Gasteiger partial charge in [0.2, 0.25) is 5.91 Å². The molecule has 3 aromatic rings. The molecule has 0 aliphatic rings. The highest BCUT2D eigenvalue weighted by Gasteiger charge is 2.11. The third kappa shape index (κ3) is 4.43. The molecule has 1 heterocycles. The zero-order valence-electron chi connectivity index (χ0n) is 13.2. The standard InChI is InChI=1S/C17H12Cl2N4O2S/c18-11-7-4-8-12(14(11)19)20-13(24)9-26-17-21-16(25)15(22-23-17)10-5-2-1-3-6-10/h1-8H,9H2,(H,20,24)(H,21,23,25). The maximum Gasteiger partial charge on any atom is 0.278 e. The molecule has 0 spiro atoms. The summed E-state index contributed by atoms with van der Waals surface area (Å²) in [5.41, 5.74) is 0.951. The fraction of sp³-hybridized carbons (Fsp3) is 0.0588. The van der Waals surface area contributed by atoms with Crippen LogP contribution in [0.2, 0.25) is 10.0 Å². The zero-order valence-corrected chi connectivity index (χ0v) is 15.5. The van der Waals surface area contributed by atoms with Gasteiger partial charge in [0.1, 0.15) is 0 Å². The van der Waals surface area contributed by atoms with Crippen molar-refractivity contribution in [1.82, 2.24) is 15.2 Å². The van der Waals surface area contributed by atoms with Crippen molar-refractivity contribution >= 4 is 46.6 Å². The van der Waals surface area contributed by atoms with Crippen LogP contribution in [0.3, 0.4) is 0 Å². The molecule has 1 amide bonds. The first-order chi connectivity index (χ1) is 12.5. The summed E-state index contributed by atoms with van der Waals surface area (Å²) in [6.07, 6.45) is 0. The summed E-state index contributed by atoms with van der Waals surface area (Å²) in [5, 5.41) is 11.4. The van der Waals surface area contributed by atoms with Gasteiger partial charge in [-0.3, -0.25) is 14.6 Å². The summed E-state index contributed by atoms with van der Waals surface area (Å²) in [4.78, 5) is 26.8. The molecule has 6 nitrogen and oxygen atoms in total. The molecule has 1 aromatic heterocycles. The lowest BCUT2D eigenvalue weighted by molar-refractivity contribution is -0.113. The van der Waals surface area contributed by atoms with Crippen LogP contribution in [-0.2, 0) is 4.79 Å². The molecule has 0 aliphatic carbocycles. The van der Waals surface area contributed by atoms with Crippen LogP contribution >= 0.6 is 35.0 Å². The number of amides is 1. The normalized spacial score (nSPS) is 10.5. The fourth-order valence-electron chi connectivity index (χ4n) is 2.09. The van der Waals surface area contributed by atoms with Gasteiger partial charge in [0, 0.05) is 5.56 Å². The molecule has 0 saturated heterocycles. The lowest BCUT2D eigenvalue weighted by Gasteiger charge is -2.07. The topological polar surface area (TPSA) is 87.7 Å². The monoisotopic (exact) mass is 406 g/mol. The molecular formula is C17H12Cl2N4O2S. The summed E-state index contributed by atoms with van der Waals surface area (Å²) in [7, 11) is 0. The molecule has 2 N–H and O–H groups in total. The Labute approximate surface area is 163 Å². The fourth-order valence-corrected chi connectivity index (χ4v) is 3.04. The van der Waals surface area contributed by atoms with Crippen molar-refractivity contribution in [1.29, 1.82) is 0 Å². The van der Waals surface area contributed by atoms with Crippen LogP contribution in [0.4, 0.5) is 5.69 Å². The molecule has 0 bridgehead atoms. The number of rotatable bonds is 5. The van der Waals surface area contributed by atoms with Gasteiger partial charge in [-0.25, -0.2) is 0 Å². The van der Waals surface area contributed by atoms with E-state index in [1.54, 1.807) is 30.3 Å². The Kier molecular flexibility index (Phi) is 5.92. The van der Waals surface area contributed by atoms with E-state index in [0.717, 1.165) is 11.8 Å². The maximum absolute atomic E-state index is 12.2. The number of halogens is 2. The van der Waals surface area contributed by atoms with E-state index >= 15 is 0 Å². The third-order valence-corrected chi connectivity index (χ3v) is 4.97. The highest BCUT2D eigenvalue weighted by Crippen LogP contribution is 2.29. The van der Waals surface area contributed by atoms with Gasteiger partial charge in [-0.1, -0.05) is 71.4 Å². The highest BCUT2D eigenvalue weighted by molar-refractivity contribution is 7.99. The highest BCUT2D eigenvalue weighted by atomic mass is 35.5. The van der Waals surface area contributed by atoms with Crippen LogP contribution in [-0.4, -0.2) is 26.8 Å². The van der Waals surface area contributed by atoms with Crippen LogP contribution in [0, 0.1) is 0 Å². The van der Waals surface area contributed by atoms with Crippen LogP contribution in [0.25, 0.3) is 11.3 Å². The van der Waals surface area contributed by atoms with Gasteiger partial charge in [-0.05, 0) is 12.1 Å². The maximum atomic E-state index is 12.2. The second kappa shape index (κ2) is 8.35. The Hall–Kier alpha value is -2.35. The molecule has 0 unspecified atom stereocenters. The van der Waals surface area contributed by atoms with Gasteiger partial charge in [0.05, 0.1) is 21.5 Å². The summed E-state index contributed by atoms with van der Waals surface area (Å²) < 4.78 is 0. The van der Waals surface area contributed by atoms with Crippen molar-refractivity contribution in [2.75, 3.05) is 11.1 Å². The van der Waals surface area contributed by atoms with Gasteiger partial charge in [0.25, 0.3) is 5.56 Å². The van der Waals surface area contributed by atoms with E-state index < -0.39 is 0 Å². The minimum Gasteiger partial charge on any atom is -0.324 e. The molecule has 0 radical (unpaired) electrons. The lowest BCUT2D eigenvalue weighted by atomic mass is 10.2. The summed E-state index contributed by atoms with van der Waals surface area (Å²) in [6, 6.07) is 14.0. The second-order valence-corrected chi connectivity index (χ2v) is 6.86. The number of hydrogen-bond donors (Lipinski definition) is 2. The first-order valence-electron chi connectivity index (χ1n) is 7.43. The molecule has 132 valence electrons. The molecule has 0 saturated carbocycles. The number of carbonyl (C=O) groups is 1. The number of aromatic nitrogens is 3. The largest absolute Gasteiger partial charge is 0.324 e. The Morgan fingerprint density at radius 2 is 1.85 bits per heavy atom. The van der Waals surface area contributed by atoms with Crippen molar-refractivity contribution in [3.8, 4) is 11.3 Å². The SMILES string of the molecule is O=C(CSc1nnc(-c2ccccc2)c(=O)[nH]1)Nc1cccc(Cl)c1Cl. The van der Waals surface area contributed by atoms with Crippen LogP contribution in [0.1, 0.15) is 0 Å². The van der Waals surface area contributed by atoms with Crippen molar-refractivity contribution in [3.05, 3.63) is 68.9 Å². The summed E-state index contributed by atoms with van der Waals surface area (Å²) in [5.74, 6) is -0.285. The minimum atomic E-state index is -0.369. The van der Waals surface area contributed by atoms with Gasteiger partial charge >= 0.3 is 0 Å². The average Bonchev–Trinajstić information content (AvgIpc) is 2.64. The van der Waals surface area contributed by atoms with Crippen LogP contribution in [0.5, 0.6) is 0 Å². The number of nitrogens with zero attached hydrogens (tertiary/aromatic N) is 2. The quantitative estimate of drug-likeness (QED) is 0.627. The molecule has 0 atom stereocenters. The van der Waals surface area contributed by atoms with E-state index in [9.17, 15) is 9.59 Å². The van der Waals surface area contributed by atoms with Gasteiger partial charge < -0.3 is 5.32 Å². The predicted molar refractivity (Wildman–Crippen MR) is 104 cm³/mol. The molecule has 26 heavy (non-hydrogen) atoms. The zero-order chi connectivity index (χ0) is 18.5. The van der Waals surface area contributed by atoms with E-state index in [1.165, 1.54) is 0 Å². The predicted octanol–water partition coefficient (Wildman–Crippen LogP) is 3.87. The Morgan fingerprint density at radius 1 is 1.08 bits per heavy atom. The summed E-state index contributed by atoms with van der Waals surface area (Å²) in [6.45, 7) is 0. The number of H-pyrrole nitrogens is 1. The van der Waals surface area contributed by atoms with E-state index in [2.05, 4.69) is 20.5 Å². The van der Waals surface area contributed by atoms with E-state index in [-0.39, 0.29) is 33.1 Å². The van der Waals surface area contributed by atoms with Crippen molar-refractivity contribution in [2.24, 2.45) is 0 Å². The molecule has 0 aliphatic heterocycles. The van der Waals surface area contributed by atoms with Crippen LogP contribution in [0.15, 0.2) is 58.5 Å². The summed E-state index contributed by atoms with van der Waals surface area (Å²) >= 11 is 13.0. The van der Waals surface area contributed by atoms with E-state index in [4.69, 9.17) is 23.2 Å². The number of hydrogen-bond acceptors (Lipinski definition) is 5. The number of carbonyl (C=O) groups excluding carboxylic acids is 1. The molecule has 9 heteroatoms. The Balaban J connectivity index is 1.65. The van der Waals surface area contributed by atoms with Crippen molar-refractivity contribution in [3.63, 3.8) is 0 Å². The molecule has 0 fully saturated rings. The smallest absolute Gasteiger partial charge is 0.278 e. The minimum absolute atomic E-state index is 0.0259. The van der Waals surface area contributed by atoms with Crippen molar-refractivity contribution < 1.29 is 4.79 Å². The number of thioether (sulfide) groups is 1. The van der Waals surface area contributed by atoms with Crippen LogP contribution < -0.4 is 10.9 Å². The van der Waals surface area contributed by atoms with Gasteiger partial charge in [-0.15, -0.1) is 10.2 Å². The third-order valence-electron chi connectivity index (χ3n) is 3.29. The molecular weight excluding hydrogens is 395 g/mol. The van der Waals surface area contributed by atoms with Gasteiger partial charge in [0.15, 0.2) is 10.9 Å². The molecule has 3 rings (SSSR count). The average molecular weight is 407 g/mol. The number of nitrogens with one attached hydrogen (secondary N) is 2. The lowest BCUT2D eigenvalue weighted by Crippen LogP contribution is -2.17. The van der Waals surface area contributed by atoms with E-state index in [0.29, 0.717) is 16.3 Å². The number of anilines is 1. The molecule has 2 aromatic carbocycles. The van der Waals surface area contributed by atoms with E-state index in [1.807, 2.05) is 18.2 Å². The Morgan fingerprint density at radius 3 is 2.58 bits per heavy atom. The second-order valence-electron chi connectivity index (χ2n) is 5.11.